The van der Waals surface area contributed by atoms with Crippen LogP contribution in [0.15, 0.2) is 77.9 Å². The Morgan fingerprint density at radius 2 is 1.89 bits per heavy atom. The van der Waals surface area contributed by atoms with Gasteiger partial charge in [-0.1, -0.05) is 36.4 Å². The van der Waals surface area contributed by atoms with Crippen molar-refractivity contribution >= 4 is 21.9 Å². The van der Waals surface area contributed by atoms with Gasteiger partial charge in [-0.3, -0.25) is 9.89 Å². The minimum atomic E-state index is -0.356. The van der Waals surface area contributed by atoms with Gasteiger partial charge in [-0.05, 0) is 35.4 Å². The van der Waals surface area contributed by atoms with Gasteiger partial charge < -0.3 is 4.57 Å². The Morgan fingerprint density at radius 1 is 1.00 bits per heavy atom. The summed E-state index contributed by atoms with van der Waals surface area (Å²) in [6, 6.07) is 18.2. The van der Waals surface area contributed by atoms with Crippen molar-refractivity contribution in [2.24, 2.45) is 0 Å². The van der Waals surface area contributed by atoms with Gasteiger partial charge in [-0.15, -0.1) is 0 Å². The maximum atomic E-state index is 14.9. The van der Waals surface area contributed by atoms with Crippen LogP contribution in [0.3, 0.4) is 0 Å². The summed E-state index contributed by atoms with van der Waals surface area (Å²) in [7, 11) is 0. The summed E-state index contributed by atoms with van der Waals surface area (Å²) in [5.41, 5.74) is 4.14. The molecule has 3 aromatic carbocycles. The Morgan fingerprint density at radius 3 is 2.79 bits per heavy atom. The molecule has 5 nitrogen and oxygen atoms in total. The lowest BCUT2D eigenvalue weighted by molar-refractivity contribution is 0.599. The van der Waals surface area contributed by atoms with Crippen LogP contribution in [-0.2, 0) is 6.54 Å². The largest absolute Gasteiger partial charge is 0.301 e. The highest BCUT2D eigenvalue weighted by atomic mass is 19.1. The van der Waals surface area contributed by atoms with E-state index < -0.39 is 0 Å². The van der Waals surface area contributed by atoms with E-state index in [0.29, 0.717) is 16.6 Å². The molecule has 0 radical (unpaired) electrons. The van der Waals surface area contributed by atoms with E-state index in [0.717, 1.165) is 22.0 Å². The Bertz CT molecular complexity index is 1390. The zero-order valence-corrected chi connectivity index (χ0v) is 14.8. The number of aromatic nitrogens is 4. The summed E-state index contributed by atoms with van der Waals surface area (Å²) < 4.78 is 16.5. The molecule has 5 aromatic rings. The van der Waals surface area contributed by atoms with Crippen LogP contribution in [0.5, 0.6) is 0 Å². The van der Waals surface area contributed by atoms with E-state index in [9.17, 15) is 9.18 Å². The number of benzene rings is 3. The summed E-state index contributed by atoms with van der Waals surface area (Å²) >= 11 is 0. The number of halogens is 1. The first-order valence-electron chi connectivity index (χ1n) is 8.86. The number of hydrogen-bond donors (Lipinski definition) is 1. The molecule has 0 unspecified atom stereocenters. The first-order chi connectivity index (χ1) is 13.7. The molecule has 2 aromatic heterocycles. The fourth-order valence-electron chi connectivity index (χ4n) is 3.51. The quantitative estimate of drug-likeness (QED) is 0.519. The molecule has 5 rings (SSSR count). The van der Waals surface area contributed by atoms with E-state index in [1.165, 1.54) is 16.8 Å². The van der Waals surface area contributed by atoms with Crippen molar-refractivity contribution in [2.75, 3.05) is 0 Å². The van der Waals surface area contributed by atoms with Crippen LogP contribution in [0.25, 0.3) is 33.1 Å². The smallest absolute Gasteiger partial charge is 0.269 e. The molecule has 136 valence electrons. The first-order valence-corrected chi connectivity index (χ1v) is 8.86. The second-order valence-corrected chi connectivity index (χ2v) is 6.61. The second-order valence-electron chi connectivity index (χ2n) is 6.61. The third-order valence-electron chi connectivity index (χ3n) is 4.93. The van der Waals surface area contributed by atoms with Crippen molar-refractivity contribution in [1.82, 2.24) is 19.7 Å². The molecular formula is C22H15FN4O. The fourth-order valence-corrected chi connectivity index (χ4v) is 3.51. The van der Waals surface area contributed by atoms with Crippen LogP contribution in [0, 0.1) is 5.82 Å². The number of H-pyrrole nitrogens is 1. The zero-order valence-electron chi connectivity index (χ0n) is 14.8. The summed E-state index contributed by atoms with van der Waals surface area (Å²) in [6.45, 7) is 0.143. The van der Waals surface area contributed by atoms with Gasteiger partial charge in [-0.2, -0.15) is 5.10 Å². The van der Waals surface area contributed by atoms with Crippen LogP contribution < -0.4 is 5.56 Å². The van der Waals surface area contributed by atoms with Gasteiger partial charge in [0.15, 0.2) is 0 Å². The molecule has 1 N–H and O–H groups in total. The fraction of sp³-hybridized carbons (Fsp3) is 0.0455. The van der Waals surface area contributed by atoms with Crippen molar-refractivity contribution in [3.63, 3.8) is 0 Å². The maximum Gasteiger partial charge on any atom is 0.269 e. The number of rotatable bonds is 3. The van der Waals surface area contributed by atoms with E-state index in [1.54, 1.807) is 12.3 Å². The van der Waals surface area contributed by atoms with Crippen LogP contribution in [0.1, 0.15) is 5.56 Å². The highest BCUT2D eigenvalue weighted by Crippen LogP contribution is 2.29. The highest BCUT2D eigenvalue weighted by molar-refractivity contribution is 5.94. The summed E-state index contributed by atoms with van der Waals surface area (Å²) in [6.07, 6.45) is 3.01. The molecule has 0 amide bonds. The molecule has 0 aliphatic rings. The molecule has 0 fully saturated rings. The zero-order chi connectivity index (χ0) is 19.1. The molecule has 0 bridgehead atoms. The molecule has 2 heterocycles. The number of fused-ring (bicyclic) bond motifs is 2. The lowest BCUT2D eigenvalue weighted by Gasteiger charge is -2.11. The molecule has 6 heteroatoms. The van der Waals surface area contributed by atoms with Gasteiger partial charge in [0.05, 0.1) is 35.5 Å². The molecular weight excluding hydrogens is 355 g/mol. The number of aromatic amines is 1. The average Bonchev–Trinajstić information content (AvgIpc) is 3.20. The lowest BCUT2D eigenvalue weighted by Crippen LogP contribution is -2.21. The predicted octanol–water partition coefficient (Wildman–Crippen LogP) is 4.13. The number of nitrogens with one attached hydrogen (secondary N) is 1. The average molecular weight is 370 g/mol. The topological polar surface area (TPSA) is 63.6 Å². The SMILES string of the molecule is O=c1cnc2ccccc2n1Cc1ccc(-c2cccc3[nH]ncc23)cc1F. The molecule has 0 aliphatic heterocycles. The summed E-state index contributed by atoms with van der Waals surface area (Å²) in [5, 5.41) is 7.92. The number of hydrogen-bond acceptors (Lipinski definition) is 3. The Kier molecular flexibility index (Phi) is 3.76. The number of nitrogens with zero attached hydrogens (tertiary/aromatic N) is 3. The van der Waals surface area contributed by atoms with E-state index in [2.05, 4.69) is 15.2 Å². The summed E-state index contributed by atoms with van der Waals surface area (Å²) in [4.78, 5) is 16.5. The third-order valence-corrected chi connectivity index (χ3v) is 4.93. The molecule has 0 spiro atoms. The van der Waals surface area contributed by atoms with E-state index in [4.69, 9.17) is 0 Å². The van der Waals surface area contributed by atoms with Crippen LogP contribution in [-0.4, -0.2) is 19.7 Å². The van der Waals surface area contributed by atoms with Gasteiger partial charge in [0.1, 0.15) is 5.82 Å². The molecule has 0 aliphatic carbocycles. The monoisotopic (exact) mass is 370 g/mol. The minimum Gasteiger partial charge on any atom is -0.301 e. The Labute approximate surface area is 159 Å². The molecule has 0 atom stereocenters. The molecule has 28 heavy (non-hydrogen) atoms. The third kappa shape index (κ3) is 2.66. The van der Waals surface area contributed by atoms with Crippen molar-refractivity contribution in [3.8, 4) is 11.1 Å². The van der Waals surface area contributed by atoms with Gasteiger partial charge >= 0.3 is 0 Å². The van der Waals surface area contributed by atoms with Crippen molar-refractivity contribution in [3.05, 3.63) is 94.8 Å². The predicted molar refractivity (Wildman–Crippen MR) is 107 cm³/mol. The maximum absolute atomic E-state index is 14.9. The lowest BCUT2D eigenvalue weighted by atomic mass is 10.0. The molecule has 0 saturated heterocycles. The Balaban J connectivity index is 1.58. The van der Waals surface area contributed by atoms with Crippen LogP contribution >= 0.6 is 0 Å². The summed E-state index contributed by atoms with van der Waals surface area (Å²) in [5.74, 6) is -0.356. The number of para-hydroxylation sites is 2. The van der Waals surface area contributed by atoms with E-state index >= 15 is 0 Å². The normalized spacial score (nSPS) is 11.3. The Hall–Kier alpha value is -3.80. The van der Waals surface area contributed by atoms with Crippen molar-refractivity contribution < 1.29 is 4.39 Å². The van der Waals surface area contributed by atoms with Gasteiger partial charge in [-0.25, -0.2) is 9.37 Å². The van der Waals surface area contributed by atoms with Crippen LogP contribution in [0.2, 0.25) is 0 Å². The van der Waals surface area contributed by atoms with Crippen LogP contribution in [0.4, 0.5) is 4.39 Å². The van der Waals surface area contributed by atoms with Gasteiger partial charge in [0, 0.05) is 10.9 Å². The van der Waals surface area contributed by atoms with E-state index in [1.807, 2.05) is 48.5 Å². The standard InChI is InChI=1S/C22H15FN4O/c23-18-10-14(16-4-3-6-19-17(16)11-25-26-19)8-9-15(18)13-27-21-7-2-1-5-20(21)24-12-22(27)28/h1-12H,13H2,(H,25,26). The minimum absolute atomic E-state index is 0.143. The van der Waals surface area contributed by atoms with Crippen molar-refractivity contribution in [1.29, 1.82) is 0 Å². The van der Waals surface area contributed by atoms with Crippen molar-refractivity contribution in [2.45, 2.75) is 6.54 Å². The first kappa shape index (κ1) is 16.4. The van der Waals surface area contributed by atoms with E-state index in [-0.39, 0.29) is 17.9 Å². The van der Waals surface area contributed by atoms with Gasteiger partial charge in [0.25, 0.3) is 5.56 Å². The molecule has 0 saturated carbocycles. The second kappa shape index (κ2) is 6.42. The highest BCUT2D eigenvalue weighted by Gasteiger charge is 2.11. The van der Waals surface area contributed by atoms with Gasteiger partial charge in [0.2, 0.25) is 0 Å².